The van der Waals surface area contributed by atoms with Gasteiger partial charge in [-0.25, -0.2) is 9.78 Å². The van der Waals surface area contributed by atoms with Crippen molar-refractivity contribution in [1.29, 1.82) is 0 Å². The van der Waals surface area contributed by atoms with Crippen molar-refractivity contribution in [1.82, 2.24) is 9.97 Å². The number of aromatic amines is 1. The third kappa shape index (κ3) is 2.86. The van der Waals surface area contributed by atoms with E-state index in [1.54, 1.807) is 6.20 Å². The number of nitrogens with zero attached hydrogens (tertiary/aromatic N) is 1. The van der Waals surface area contributed by atoms with Crippen molar-refractivity contribution in [2.24, 2.45) is 5.92 Å². The van der Waals surface area contributed by atoms with Gasteiger partial charge >= 0.3 is 5.69 Å². The topological polar surface area (TPSA) is 45.8 Å². The average Bonchev–Trinajstić information content (AvgIpc) is 2.32. The van der Waals surface area contributed by atoms with E-state index in [-0.39, 0.29) is 5.69 Å². The fourth-order valence-corrected chi connectivity index (χ4v) is 2.08. The minimum Gasteiger partial charge on any atom is -0.305 e. The second kappa shape index (κ2) is 5.17. The summed E-state index contributed by atoms with van der Waals surface area (Å²) in [6, 6.07) is 8.31. The van der Waals surface area contributed by atoms with E-state index >= 15 is 0 Å². The molecule has 0 unspecified atom stereocenters. The highest BCUT2D eigenvalue weighted by Crippen LogP contribution is 2.21. The van der Waals surface area contributed by atoms with Crippen molar-refractivity contribution in [2.75, 3.05) is 0 Å². The van der Waals surface area contributed by atoms with Crippen molar-refractivity contribution in [3.05, 3.63) is 52.1 Å². The highest BCUT2D eigenvalue weighted by atomic mass is 16.1. The molecule has 0 amide bonds. The summed E-state index contributed by atoms with van der Waals surface area (Å²) in [7, 11) is 0. The molecule has 1 aromatic heterocycles. The molecular formula is C15H18N2O. The van der Waals surface area contributed by atoms with Crippen LogP contribution in [0.4, 0.5) is 0 Å². The van der Waals surface area contributed by atoms with Gasteiger partial charge in [-0.3, -0.25) is 0 Å². The van der Waals surface area contributed by atoms with Crippen LogP contribution in [-0.2, 0) is 6.42 Å². The van der Waals surface area contributed by atoms with Crippen LogP contribution in [-0.4, -0.2) is 9.97 Å². The highest BCUT2D eigenvalue weighted by Gasteiger charge is 2.05. The Labute approximate surface area is 107 Å². The molecule has 3 nitrogen and oxygen atoms in total. The molecule has 3 heteroatoms. The molecule has 0 bridgehead atoms. The Bertz CT molecular complexity index is 599. The summed E-state index contributed by atoms with van der Waals surface area (Å²) < 4.78 is 0. The van der Waals surface area contributed by atoms with Gasteiger partial charge in [0.2, 0.25) is 0 Å². The number of H-pyrrole nitrogens is 1. The molecule has 0 spiro atoms. The normalized spacial score (nSPS) is 10.9. The first-order valence-electron chi connectivity index (χ1n) is 6.21. The van der Waals surface area contributed by atoms with Gasteiger partial charge in [-0.05, 0) is 42.0 Å². The van der Waals surface area contributed by atoms with Crippen LogP contribution in [0.3, 0.4) is 0 Å². The summed E-state index contributed by atoms with van der Waals surface area (Å²) >= 11 is 0. The lowest BCUT2D eigenvalue weighted by atomic mass is 9.99. The van der Waals surface area contributed by atoms with E-state index in [0.717, 1.165) is 23.2 Å². The maximum atomic E-state index is 11.3. The lowest BCUT2D eigenvalue weighted by Crippen LogP contribution is -2.11. The minimum absolute atomic E-state index is 0.301. The van der Waals surface area contributed by atoms with Crippen LogP contribution in [0, 0.1) is 12.8 Å². The molecule has 1 aromatic carbocycles. The smallest absolute Gasteiger partial charge is 0.305 e. The first-order chi connectivity index (χ1) is 8.56. The van der Waals surface area contributed by atoms with E-state index in [2.05, 4.69) is 35.9 Å². The monoisotopic (exact) mass is 242 g/mol. The van der Waals surface area contributed by atoms with Gasteiger partial charge in [0.1, 0.15) is 0 Å². The second-order valence-corrected chi connectivity index (χ2v) is 5.04. The van der Waals surface area contributed by atoms with Gasteiger partial charge in [0.15, 0.2) is 0 Å². The van der Waals surface area contributed by atoms with Gasteiger partial charge < -0.3 is 4.98 Å². The summed E-state index contributed by atoms with van der Waals surface area (Å²) in [5, 5.41) is 0. The third-order valence-electron chi connectivity index (χ3n) is 2.86. The van der Waals surface area contributed by atoms with E-state index in [1.807, 2.05) is 19.1 Å². The number of hydrogen-bond acceptors (Lipinski definition) is 2. The maximum absolute atomic E-state index is 11.3. The molecule has 1 heterocycles. The van der Waals surface area contributed by atoms with Crippen LogP contribution in [0.1, 0.15) is 25.0 Å². The third-order valence-corrected chi connectivity index (χ3v) is 2.86. The Hall–Kier alpha value is -1.90. The molecule has 0 fully saturated rings. The lowest BCUT2D eigenvalue weighted by molar-refractivity contribution is 0.647. The first-order valence-corrected chi connectivity index (χ1v) is 6.21. The van der Waals surface area contributed by atoms with Gasteiger partial charge in [-0.15, -0.1) is 0 Å². The Morgan fingerprint density at radius 1 is 1.33 bits per heavy atom. The molecule has 0 aliphatic rings. The molecule has 0 aliphatic carbocycles. The van der Waals surface area contributed by atoms with E-state index in [9.17, 15) is 4.79 Å². The molecular weight excluding hydrogens is 224 g/mol. The van der Waals surface area contributed by atoms with Gasteiger partial charge in [0.25, 0.3) is 0 Å². The first kappa shape index (κ1) is 12.6. The standard InChI is InChI=1S/C15H18N2O/c1-10(2)7-12-5-4-6-13(8-12)14-11(3)9-16-15(18)17-14/h4-6,8-10H,7H2,1-3H3,(H,16,17,18). The molecule has 0 saturated heterocycles. The Morgan fingerprint density at radius 2 is 2.11 bits per heavy atom. The van der Waals surface area contributed by atoms with Gasteiger partial charge in [0.05, 0.1) is 5.69 Å². The van der Waals surface area contributed by atoms with Crippen LogP contribution in [0.5, 0.6) is 0 Å². The number of hydrogen-bond donors (Lipinski definition) is 1. The van der Waals surface area contributed by atoms with Crippen molar-refractivity contribution < 1.29 is 0 Å². The van der Waals surface area contributed by atoms with E-state index in [4.69, 9.17) is 0 Å². The number of rotatable bonds is 3. The SMILES string of the molecule is Cc1cnc(=O)[nH]c1-c1cccc(CC(C)C)c1. The molecule has 94 valence electrons. The van der Waals surface area contributed by atoms with E-state index in [0.29, 0.717) is 5.92 Å². The van der Waals surface area contributed by atoms with Gasteiger partial charge in [0, 0.05) is 6.20 Å². The van der Waals surface area contributed by atoms with E-state index < -0.39 is 0 Å². The summed E-state index contributed by atoms with van der Waals surface area (Å²) in [6.45, 7) is 6.35. The molecule has 0 saturated carbocycles. The molecule has 0 radical (unpaired) electrons. The zero-order valence-electron chi connectivity index (χ0n) is 11.0. The predicted molar refractivity (Wildman–Crippen MR) is 73.6 cm³/mol. The quantitative estimate of drug-likeness (QED) is 0.899. The van der Waals surface area contributed by atoms with Crippen LogP contribution >= 0.6 is 0 Å². The number of aryl methyl sites for hydroxylation is 1. The van der Waals surface area contributed by atoms with Crippen LogP contribution < -0.4 is 5.69 Å². The Kier molecular flexibility index (Phi) is 3.60. The zero-order chi connectivity index (χ0) is 13.1. The van der Waals surface area contributed by atoms with Crippen molar-refractivity contribution in [3.8, 4) is 11.3 Å². The summed E-state index contributed by atoms with van der Waals surface area (Å²) in [5.41, 5.74) is 3.88. The van der Waals surface area contributed by atoms with Crippen LogP contribution in [0.15, 0.2) is 35.3 Å². The van der Waals surface area contributed by atoms with E-state index in [1.165, 1.54) is 5.56 Å². The predicted octanol–water partition coefficient (Wildman–Crippen LogP) is 2.94. The number of nitrogens with one attached hydrogen (secondary N) is 1. The summed E-state index contributed by atoms with van der Waals surface area (Å²) in [5.74, 6) is 0.623. The fraction of sp³-hybridized carbons (Fsp3) is 0.333. The number of benzene rings is 1. The van der Waals surface area contributed by atoms with Crippen molar-refractivity contribution >= 4 is 0 Å². The molecule has 18 heavy (non-hydrogen) atoms. The molecule has 1 N–H and O–H groups in total. The summed E-state index contributed by atoms with van der Waals surface area (Å²) in [4.78, 5) is 17.8. The fourth-order valence-electron chi connectivity index (χ4n) is 2.08. The molecule has 2 rings (SSSR count). The minimum atomic E-state index is -0.301. The largest absolute Gasteiger partial charge is 0.345 e. The van der Waals surface area contributed by atoms with Crippen molar-refractivity contribution in [2.45, 2.75) is 27.2 Å². The lowest BCUT2D eigenvalue weighted by Gasteiger charge is -2.09. The number of aromatic nitrogens is 2. The second-order valence-electron chi connectivity index (χ2n) is 5.04. The Morgan fingerprint density at radius 3 is 2.83 bits per heavy atom. The molecule has 2 aromatic rings. The molecule has 0 atom stereocenters. The highest BCUT2D eigenvalue weighted by molar-refractivity contribution is 5.62. The van der Waals surface area contributed by atoms with Gasteiger partial charge in [-0.2, -0.15) is 0 Å². The zero-order valence-corrected chi connectivity index (χ0v) is 11.0. The van der Waals surface area contributed by atoms with Crippen LogP contribution in [0.25, 0.3) is 11.3 Å². The Balaban J connectivity index is 2.44. The average molecular weight is 242 g/mol. The molecule has 0 aliphatic heterocycles. The summed E-state index contributed by atoms with van der Waals surface area (Å²) in [6.07, 6.45) is 2.66. The van der Waals surface area contributed by atoms with Crippen LogP contribution in [0.2, 0.25) is 0 Å². The maximum Gasteiger partial charge on any atom is 0.345 e. The van der Waals surface area contributed by atoms with Gasteiger partial charge in [-0.1, -0.05) is 32.0 Å². The van der Waals surface area contributed by atoms with Crippen molar-refractivity contribution in [3.63, 3.8) is 0 Å².